The van der Waals surface area contributed by atoms with Gasteiger partial charge in [0.2, 0.25) is 0 Å². The first-order valence-electron chi connectivity index (χ1n) is 1.57. The van der Waals surface area contributed by atoms with Crippen LogP contribution in [0, 0.1) is 0 Å². The molecular formula is C3H8CoNNaS2. The van der Waals surface area contributed by atoms with E-state index in [1.807, 2.05) is 13.3 Å². The number of hydrogen-bond acceptors (Lipinski definition) is 2. The number of nitrogens with one attached hydrogen (secondary N) is 1. The van der Waals surface area contributed by atoms with E-state index in [1.54, 1.807) is 11.8 Å². The van der Waals surface area contributed by atoms with Crippen LogP contribution < -0.4 is 5.32 Å². The maximum atomic E-state index is 4.71. The summed E-state index contributed by atoms with van der Waals surface area (Å²) in [7, 11) is 1.82. The molecule has 47 valence electrons. The Morgan fingerprint density at radius 1 is 1.62 bits per heavy atom. The SMILES string of the molecule is CNC(=S)SC.[Co].[NaH]. The van der Waals surface area contributed by atoms with E-state index >= 15 is 0 Å². The van der Waals surface area contributed by atoms with Crippen LogP contribution in [0.4, 0.5) is 0 Å². The summed E-state index contributed by atoms with van der Waals surface area (Å²) in [5.74, 6) is 0. The fourth-order valence-corrected chi connectivity index (χ4v) is 0.306. The molecule has 0 unspecified atom stereocenters. The minimum absolute atomic E-state index is 0. The molecule has 1 nitrogen and oxygen atoms in total. The van der Waals surface area contributed by atoms with Gasteiger partial charge in [0.15, 0.2) is 0 Å². The molecule has 0 aromatic carbocycles. The van der Waals surface area contributed by atoms with Crippen LogP contribution in [-0.4, -0.2) is 47.2 Å². The molecule has 0 aliphatic rings. The molecule has 8 heavy (non-hydrogen) atoms. The number of rotatable bonds is 0. The third-order valence-electron chi connectivity index (χ3n) is 0.390. The van der Waals surface area contributed by atoms with E-state index < -0.39 is 0 Å². The van der Waals surface area contributed by atoms with Gasteiger partial charge in [-0.1, -0.05) is 12.2 Å². The van der Waals surface area contributed by atoms with E-state index in [4.69, 9.17) is 12.2 Å². The summed E-state index contributed by atoms with van der Waals surface area (Å²) < 4.78 is 0.843. The van der Waals surface area contributed by atoms with Crippen LogP contribution in [0.15, 0.2) is 0 Å². The van der Waals surface area contributed by atoms with Gasteiger partial charge in [-0.05, 0) is 6.26 Å². The summed E-state index contributed by atoms with van der Waals surface area (Å²) in [6.07, 6.45) is 1.94. The molecule has 0 heterocycles. The Labute approximate surface area is 92.2 Å². The quantitative estimate of drug-likeness (QED) is 0.447. The van der Waals surface area contributed by atoms with Crippen LogP contribution in [-0.2, 0) is 16.8 Å². The Hall–Kier alpha value is 1.75. The van der Waals surface area contributed by atoms with Crippen LogP contribution >= 0.6 is 24.0 Å². The van der Waals surface area contributed by atoms with E-state index in [0.29, 0.717) is 0 Å². The number of thiocarbonyl (C=S) groups is 1. The van der Waals surface area contributed by atoms with Gasteiger partial charge in [-0.2, -0.15) is 0 Å². The summed E-state index contributed by atoms with van der Waals surface area (Å²) in [6, 6.07) is 0. The van der Waals surface area contributed by atoms with Crippen molar-refractivity contribution in [2.24, 2.45) is 0 Å². The van der Waals surface area contributed by atoms with Crippen LogP contribution in [0.25, 0.3) is 0 Å². The third-order valence-corrected chi connectivity index (χ3v) is 1.67. The monoisotopic (exact) mass is 204 g/mol. The number of hydrogen-bond donors (Lipinski definition) is 1. The Bertz CT molecular complexity index is 55.2. The van der Waals surface area contributed by atoms with Gasteiger partial charge in [0.1, 0.15) is 4.32 Å². The molecule has 0 rings (SSSR count). The number of thioether (sulfide) groups is 1. The molecule has 0 atom stereocenters. The van der Waals surface area contributed by atoms with E-state index in [0.717, 1.165) is 4.32 Å². The normalized spacial score (nSPS) is 5.75. The van der Waals surface area contributed by atoms with Gasteiger partial charge in [-0.25, -0.2) is 0 Å². The molecule has 0 saturated heterocycles. The third kappa shape index (κ3) is 10.7. The zero-order valence-electron chi connectivity index (χ0n) is 4.15. The first-order chi connectivity index (χ1) is 2.81. The summed E-state index contributed by atoms with van der Waals surface area (Å²) in [4.78, 5) is 0. The zero-order valence-corrected chi connectivity index (χ0v) is 6.82. The first-order valence-corrected chi connectivity index (χ1v) is 3.20. The summed E-state index contributed by atoms with van der Waals surface area (Å²) in [5, 5.41) is 2.81. The molecule has 0 fully saturated rings. The predicted octanol–water partition coefficient (Wildman–Crippen LogP) is 0.203. The molecular weight excluding hydrogens is 196 g/mol. The van der Waals surface area contributed by atoms with Crippen LogP contribution in [0.5, 0.6) is 0 Å². The van der Waals surface area contributed by atoms with Gasteiger partial charge in [-0.3, -0.25) is 0 Å². The molecule has 0 amide bonds. The van der Waals surface area contributed by atoms with Gasteiger partial charge in [0, 0.05) is 23.8 Å². The van der Waals surface area contributed by atoms with Crippen molar-refractivity contribution in [3.63, 3.8) is 0 Å². The molecule has 1 N–H and O–H groups in total. The second-order valence-electron chi connectivity index (χ2n) is 0.742. The van der Waals surface area contributed by atoms with Crippen molar-refractivity contribution in [3.8, 4) is 0 Å². The van der Waals surface area contributed by atoms with Crippen molar-refractivity contribution in [2.45, 2.75) is 0 Å². The Kier molecular flexibility index (Phi) is 23.6. The van der Waals surface area contributed by atoms with Gasteiger partial charge >= 0.3 is 29.6 Å². The molecule has 0 aromatic heterocycles. The van der Waals surface area contributed by atoms with Crippen molar-refractivity contribution in [3.05, 3.63) is 0 Å². The molecule has 5 heteroatoms. The topological polar surface area (TPSA) is 12.0 Å². The predicted molar refractivity (Wildman–Crippen MR) is 42.3 cm³/mol. The minimum atomic E-state index is 0. The van der Waals surface area contributed by atoms with Crippen LogP contribution in [0.1, 0.15) is 0 Å². The zero-order chi connectivity index (χ0) is 4.99. The molecule has 0 aliphatic heterocycles. The fraction of sp³-hybridized carbons (Fsp3) is 0.667. The molecule has 0 bridgehead atoms. The van der Waals surface area contributed by atoms with Crippen molar-refractivity contribution in [1.29, 1.82) is 0 Å². The summed E-state index contributed by atoms with van der Waals surface area (Å²) >= 11 is 6.25. The van der Waals surface area contributed by atoms with Crippen molar-refractivity contribution >= 4 is 57.9 Å². The van der Waals surface area contributed by atoms with E-state index in [9.17, 15) is 0 Å². The second-order valence-corrected chi connectivity index (χ2v) is 2.22. The molecule has 0 saturated carbocycles. The van der Waals surface area contributed by atoms with E-state index in [-0.39, 0.29) is 46.3 Å². The molecule has 0 spiro atoms. The standard InChI is InChI=1S/C3H7NS2.Co.Na.H/c1-4-3(5)6-2;;;/h1-2H3,(H,4,5);;;. The Morgan fingerprint density at radius 2 is 2.00 bits per heavy atom. The van der Waals surface area contributed by atoms with Gasteiger partial charge < -0.3 is 5.32 Å². The maximum absolute atomic E-state index is 4.71. The second kappa shape index (κ2) is 11.5. The molecule has 0 aliphatic carbocycles. The van der Waals surface area contributed by atoms with E-state index in [2.05, 4.69) is 5.32 Å². The van der Waals surface area contributed by atoms with Crippen molar-refractivity contribution in [1.82, 2.24) is 5.32 Å². The van der Waals surface area contributed by atoms with Crippen molar-refractivity contribution < 1.29 is 16.8 Å². The first kappa shape index (κ1) is 16.4. The molecule has 0 aromatic rings. The van der Waals surface area contributed by atoms with Gasteiger partial charge in [-0.15, -0.1) is 11.8 Å². The molecule has 1 radical (unpaired) electrons. The van der Waals surface area contributed by atoms with Gasteiger partial charge in [0.25, 0.3) is 0 Å². The average molecular weight is 204 g/mol. The van der Waals surface area contributed by atoms with Crippen LogP contribution in [0.2, 0.25) is 0 Å². The Balaban J connectivity index is -0.000000125. The van der Waals surface area contributed by atoms with Crippen LogP contribution in [0.3, 0.4) is 0 Å². The fourth-order valence-electron chi connectivity index (χ4n) is 0.102. The summed E-state index contributed by atoms with van der Waals surface area (Å²) in [6.45, 7) is 0. The summed E-state index contributed by atoms with van der Waals surface area (Å²) in [5.41, 5.74) is 0. The van der Waals surface area contributed by atoms with Gasteiger partial charge in [0.05, 0.1) is 0 Å². The van der Waals surface area contributed by atoms with E-state index in [1.165, 1.54) is 0 Å². The average Bonchev–Trinajstić information content (AvgIpc) is 1.65. The Morgan fingerprint density at radius 3 is 2.00 bits per heavy atom. The van der Waals surface area contributed by atoms with Crippen molar-refractivity contribution in [2.75, 3.05) is 13.3 Å².